The Kier molecular flexibility index (Phi) is 5.04. The predicted molar refractivity (Wildman–Crippen MR) is 97.8 cm³/mol. The van der Waals surface area contributed by atoms with Gasteiger partial charge in [0, 0.05) is 17.9 Å². The number of nitrogens with one attached hydrogen (secondary N) is 1. The molecule has 0 saturated heterocycles. The van der Waals surface area contributed by atoms with Gasteiger partial charge in [-0.1, -0.05) is 19.1 Å². The van der Waals surface area contributed by atoms with E-state index in [4.69, 9.17) is 0 Å². The molecule has 1 aliphatic carbocycles. The maximum absolute atomic E-state index is 11.9. The van der Waals surface area contributed by atoms with Gasteiger partial charge in [-0.15, -0.1) is 11.3 Å². The number of hydrogen-bond acceptors (Lipinski definition) is 5. The van der Waals surface area contributed by atoms with Crippen LogP contribution in [0.5, 0.6) is 0 Å². The number of aliphatic hydroxyl groups is 1. The quantitative estimate of drug-likeness (QED) is 0.788. The molecular weight excluding hydrogens is 328 g/mol. The number of fused-ring (bicyclic) bond motifs is 1. The maximum Gasteiger partial charge on any atom is 0.244 e. The minimum atomic E-state index is -0.750. The first-order valence-electron chi connectivity index (χ1n) is 7.76. The summed E-state index contributed by atoms with van der Waals surface area (Å²) in [6, 6.07) is 7.90. The van der Waals surface area contributed by atoms with Crippen molar-refractivity contribution in [3.63, 3.8) is 0 Å². The fourth-order valence-electron chi connectivity index (χ4n) is 2.64. The first kappa shape index (κ1) is 16.5. The van der Waals surface area contributed by atoms with Crippen LogP contribution in [0.25, 0.3) is 16.3 Å². The van der Waals surface area contributed by atoms with E-state index < -0.39 is 5.60 Å². The summed E-state index contributed by atoms with van der Waals surface area (Å²) in [6.07, 6.45) is 4.99. The SMILES string of the molecule is CCSC1CCC1(O)CNC(=O)/C=C/c1nc2ccccc2s1. The number of carbonyl (C=O) groups excluding carboxylic acids is 1. The van der Waals surface area contributed by atoms with Crippen molar-refractivity contribution in [2.75, 3.05) is 12.3 Å². The first-order chi connectivity index (χ1) is 11.1. The van der Waals surface area contributed by atoms with E-state index in [1.54, 1.807) is 29.2 Å². The summed E-state index contributed by atoms with van der Waals surface area (Å²) in [5.74, 6) is 0.795. The van der Waals surface area contributed by atoms with Crippen LogP contribution in [0.2, 0.25) is 0 Å². The van der Waals surface area contributed by atoms with Crippen molar-refractivity contribution in [1.29, 1.82) is 0 Å². The van der Waals surface area contributed by atoms with Crippen LogP contribution in [0.4, 0.5) is 0 Å². The summed E-state index contributed by atoms with van der Waals surface area (Å²) in [7, 11) is 0. The highest BCUT2D eigenvalue weighted by atomic mass is 32.2. The molecule has 2 unspecified atom stereocenters. The minimum absolute atomic E-state index is 0.190. The van der Waals surface area contributed by atoms with E-state index in [0.29, 0.717) is 6.54 Å². The Balaban J connectivity index is 1.55. The van der Waals surface area contributed by atoms with Crippen LogP contribution >= 0.6 is 23.1 Å². The fraction of sp³-hybridized carbons (Fsp3) is 0.412. The third kappa shape index (κ3) is 3.76. The number of rotatable bonds is 6. The third-order valence-electron chi connectivity index (χ3n) is 4.06. The summed E-state index contributed by atoms with van der Waals surface area (Å²) < 4.78 is 1.11. The van der Waals surface area contributed by atoms with Crippen LogP contribution in [-0.2, 0) is 4.79 Å². The number of hydrogen-bond donors (Lipinski definition) is 2. The van der Waals surface area contributed by atoms with Crippen molar-refractivity contribution in [3.05, 3.63) is 35.3 Å². The molecule has 1 fully saturated rings. The van der Waals surface area contributed by atoms with Gasteiger partial charge in [-0.3, -0.25) is 4.79 Å². The van der Waals surface area contributed by atoms with E-state index in [2.05, 4.69) is 17.2 Å². The smallest absolute Gasteiger partial charge is 0.244 e. The van der Waals surface area contributed by atoms with E-state index in [1.165, 1.54) is 6.08 Å². The van der Waals surface area contributed by atoms with Crippen LogP contribution in [-0.4, -0.2) is 39.1 Å². The fourth-order valence-corrected chi connectivity index (χ4v) is 4.71. The van der Waals surface area contributed by atoms with Gasteiger partial charge in [-0.25, -0.2) is 4.98 Å². The molecule has 0 bridgehead atoms. The Morgan fingerprint density at radius 1 is 1.57 bits per heavy atom. The number of amides is 1. The lowest BCUT2D eigenvalue weighted by atomic mass is 9.79. The van der Waals surface area contributed by atoms with E-state index in [-0.39, 0.29) is 11.2 Å². The molecule has 0 spiro atoms. The predicted octanol–water partition coefficient (Wildman–Crippen LogP) is 3.07. The molecule has 1 aliphatic rings. The van der Waals surface area contributed by atoms with Gasteiger partial charge in [0.2, 0.25) is 5.91 Å². The number of carbonyl (C=O) groups is 1. The van der Waals surface area contributed by atoms with Crippen LogP contribution in [0.1, 0.15) is 24.8 Å². The van der Waals surface area contributed by atoms with Gasteiger partial charge in [0.05, 0.1) is 15.8 Å². The highest BCUT2D eigenvalue weighted by Gasteiger charge is 2.45. The number of thioether (sulfide) groups is 1. The Labute approximate surface area is 144 Å². The van der Waals surface area contributed by atoms with Gasteiger partial charge in [-0.05, 0) is 36.8 Å². The number of thiazole rings is 1. The van der Waals surface area contributed by atoms with Crippen LogP contribution in [0.3, 0.4) is 0 Å². The maximum atomic E-state index is 11.9. The lowest BCUT2D eigenvalue weighted by Crippen LogP contribution is -2.56. The van der Waals surface area contributed by atoms with Crippen LogP contribution in [0.15, 0.2) is 30.3 Å². The molecule has 6 heteroatoms. The lowest BCUT2D eigenvalue weighted by Gasteiger charge is -2.44. The second-order valence-corrected chi connectivity index (χ2v) is 8.20. The summed E-state index contributed by atoms with van der Waals surface area (Å²) in [4.78, 5) is 16.4. The summed E-state index contributed by atoms with van der Waals surface area (Å²) >= 11 is 3.32. The number of nitrogens with zero attached hydrogens (tertiary/aromatic N) is 1. The van der Waals surface area contributed by atoms with E-state index in [1.807, 2.05) is 24.3 Å². The van der Waals surface area contributed by atoms with Crippen molar-refractivity contribution in [1.82, 2.24) is 10.3 Å². The molecule has 4 nitrogen and oxygen atoms in total. The van der Waals surface area contributed by atoms with E-state index in [0.717, 1.165) is 33.8 Å². The highest BCUT2D eigenvalue weighted by molar-refractivity contribution is 8.00. The molecule has 0 radical (unpaired) electrons. The van der Waals surface area contributed by atoms with Crippen molar-refractivity contribution in [2.24, 2.45) is 0 Å². The average molecular weight is 348 g/mol. The molecule has 3 rings (SSSR count). The molecule has 1 amide bonds. The van der Waals surface area contributed by atoms with Gasteiger partial charge in [0.1, 0.15) is 5.01 Å². The van der Waals surface area contributed by atoms with Gasteiger partial charge >= 0.3 is 0 Å². The van der Waals surface area contributed by atoms with E-state index in [9.17, 15) is 9.90 Å². The lowest BCUT2D eigenvalue weighted by molar-refractivity contribution is -0.118. The van der Waals surface area contributed by atoms with Crippen molar-refractivity contribution in [3.8, 4) is 0 Å². The van der Waals surface area contributed by atoms with Crippen LogP contribution in [0, 0.1) is 0 Å². The molecule has 1 saturated carbocycles. The molecule has 2 N–H and O–H groups in total. The molecule has 23 heavy (non-hydrogen) atoms. The number of para-hydroxylation sites is 1. The Bertz CT molecular complexity index is 695. The molecule has 1 aromatic carbocycles. The minimum Gasteiger partial charge on any atom is -0.387 e. The second-order valence-electron chi connectivity index (χ2n) is 5.66. The first-order valence-corrected chi connectivity index (χ1v) is 9.63. The van der Waals surface area contributed by atoms with Crippen molar-refractivity contribution < 1.29 is 9.90 Å². The molecule has 122 valence electrons. The Morgan fingerprint density at radius 2 is 2.39 bits per heavy atom. The summed E-state index contributed by atoms with van der Waals surface area (Å²) in [5, 5.41) is 14.3. The zero-order valence-corrected chi connectivity index (χ0v) is 14.6. The van der Waals surface area contributed by atoms with Gasteiger partial charge in [0.15, 0.2) is 0 Å². The molecule has 2 atom stereocenters. The Morgan fingerprint density at radius 3 is 3.09 bits per heavy atom. The second kappa shape index (κ2) is 7.03. The van der Waals surface area contributed by atoms with Gasteiger partial charge < -0.3 is 10.4 Å². The molecule has 1 aromatic heterocycles. The van der Waals surface area contributed by atoms with Crippen molar-refractivity contribution >= 4 is 45.3 Å². The zero-order valence-electron chi connectivity index (χ0n) is 13.0. The normalized spacial score (nSPS) is 24.0. The van der Waals surface area contributed by atoms with Gasteiger partial charge in [0.25, 0.3) is 0 Å². The Hall–Kier alpha value is -1.37. The highest BCUT2D eigenvalue weighted by Crippen LogP contribution is 2.40. The molecule has 2 aromatic rings. The largest absolute Gasteiger partial charge is 0.387 e. The molecular formula is C17H20N2O2S2. The average Bonchev–Trinajstić information content (AvgIpc) is 2.97. The molecule has 1 heterocycles. The summed E-state index contributed by atoms with van der Waals surface area (Å²) in [6.45, 7) is 2.40. The summed E-state index contributed by atoms with van der Waals surface area (Å²) in [5.41, 5.74) is 0.195. The number of aromatic nitrogens is 1. The van der Waals surface area contributed by atoms with E-state index >= 15 is 0 Å². The molecule has 0 aliphatic heterocycles. The topological polar surface area (TPSA) is 62.2 Å². The monoisotopic (exact) mass is 348 g/mol. The van der Waals surface area contributed by atoms with Gasteiger partial charge in [-0.2, -0.15) is 11.8 Å². The van der Waals surface area contributed by atoms with Crippen LogP contribution < -0.4 is 5.32 Å². The standard InChI is InChI=1S/C17H20N2O2S2/c1-2-22-14-9-10-17(14,21)11-18-15(20)7-8-16-19-12-5-3-4-6-13(12)23-16/h3-8,14,21H,2,9-11H2,1H3,(H,18,20)/b8-7+. The van der Waals surface area contributed by atoms with Crippen molar-refractivity contribution in [2.45, 2.75) is 30.6 Å². The number of benzene rings is 1. The third-order valence-corrected chi connectivity index (χ3v) is 6.47. The zero-order chi connectivity index (χ0) is 16.3.